The van der Waals surface area contributed by atoms with Crippen molar-refractivity contribution in [2.45, 2.75) is 6.92 Å². The van der Waals surface area contributed by atoms with Gasteiger partial charge in [0.15, 0.2) is 5.13 Å². The maximum absolute atomic E-state index is 12.0. The van der Waals surface area contributed by atoms with Crippen LogP contribution in [0.15, 0.2) is 24.3 Å². The quantitative estimate of drug-likeness (QED) is 0.233. The predicted molar refractivity (Wildman–Crippen MR) is 89.5 cm³/mol. The van der Waals surface area contributed by atoms with E-state index in [4.69, 9.17) is 17.4 Å². The minimum absolute atomic E-state index is 0.278. The number of hydrogen-bond acceptors (Lipinski definition) is 7. The van der Waals surface area contributed by atoms with Gasteiger partial charge in [-0.25, -0.2) is 10.8 Å². The minimum Gasteiger partial charge on any atom is -0.332 e. The Morgan fingerprint density at radius 1 is 1.12 bits per heavy atom. The van der Waals surface area contributed by atoms with Crippen LogP contribution in [0.5, 0.6) is 0 Å². The molecule has 9 nitrogen and oxygen atoms in total. The fourth-order valence-corrected chi connectivity index (χ4v) is 2.62. The van der Waals surface area contributed by atoms with Gasteiger partial charge in [0.05, 0.1) is 5.69 Å². The number of rotatable bonds is 3. The molecule has 6 N–H and O–H groups in total. The lowest BCUT2D eigenvalue weighted by atomic mass is 10.3. The van der Waals surface area contributed by atoms with Gasteiger partial charge < -0.3 is 5.32 Å². The van der Waals surface area contributed by atoms with Gasteiger partial charge in [0.25, 0.3) is 5.91 Å². The van der Waals surface area contributed by atoms with Gasteiger partial charge in [-0.1, -0.05) is 22.9 Å². The molecule has 0 aliphatic carbocycles. The van der Waals surface area contributed by atoms with Gasteiger partial charge in [0, 0.05) is 10.7 Å². The standard InChI is InChI=1S/C13H13ClN6O3S/c1-6-9(10(21)19-20-12(23)11(22)18-15)24-13(16-6)17-8-4-2-7(14)3-5-8/h2-5H,15H2,1H3,(H,16,17)(H,18,22)(H,19,21)(H,20,23). The number of halogens is 1. The molecular formula is C13H13ClN6O3S. The van der Waals surface area contributed by atoms with Gasteiger partial charge in [-0.2, -0.15) is 0 Å². The van der Waals surface area contributed by atoms with Crippen molar-refractivity contribution in [3.63, 3.8) is 0 Å². The van der Waals surface area contributed by atoms with Crippen molar-refractivity contribution in [1.82, 2.24) is 21.3 Å². The first-order valence-corrected chi connectivity index (χ1v) is 7.71. The second-order valence-electron chi connectivity index (χ2n) is 4.45. The molecule has 126 valence electrons. The maximum atomic E-state index is 12.0. The van der Waals surface area contributed by atoms with Gasteiger partial charge in [-0.15, -0.1) is 0 Å². The molecule has 0 atom stereocenters. The SMILES string of the molecule is Cc1nc(Nc2ccc(Cl)cc2)sc1C(=O)NNC(=O)C(=O)NN. The van der Waals surface area contributed by atoms with Crippen LogP contribution in [0.4, 0.5) is 10.8 Å². The van der Waals surface area contributed by atoms with Crippen molar-refractivity contribution in [3.8, 4) is 0 Å². The number of aromatic nitrogens is 1. The van der Waals surface area contributed by atoms with Crippen molar-refractivity contribution >= 4 is 51.5 Å². The third kappa shape index (κ3) is 4.41. The zero-order valence-electron chi connectivity index (χ0n) is 12.3. The highest BCUT2D eigenvalue weighted by Gasteiger charge is 2.18. The first-order valence-electron chi connectivity index (χ1n) is 6.52. The molecule has 0 aliphatic rings. The fourth-order valence-electron chi connectivity index (χ4n) is 1.61. The Kier molecular flexibility index (Phi) is 5.68. The molecule has 1 aromatic carbocycles. The third-order valence-electron chi connectivity index (χ3n) is 2.73. The molecule has 0 saturated carbocycles. The minimum atomic E-state index is -1.09. The summed E-state index contributed by atoms with van der Waals surface area (Å²) < 4.78 is 0. The first-order chi connectivity index (χ1) is 11.4. The number of aryl methyl sites for hydroxylation is 1. The summed E-state index contributed by atoms with van der Waals surface area (Å²) >= 11 is 6.90. The lowest BCUT2D eigenvalue weighted by Crippen LogP contribution is -2.50. The summed E-state index contributed by atoms with van der Waals surface area (Å²) in [5.41, 5.74) is 6.91. The number of amides is 3. The number of thiazole rings is 1. The summed E-state index contributed by atoms with van der Waals surface area (Å²) in [6.45, 7) is 1.65. The highest BCUT2D eigenvalue weighted by Crippen LogP contribution is 2.26. The Bertz CT molecular complexity index is 777. The van der Waals surface area contributed by atoms with Crippen LogP contribution in [0, 0.1) is 6.92 Å². The van der Waals surface area contributed by atoms with E-state index >= 15 is 0 Å². The predicted octanol–water partition coefficient (Wildman–Crippen LogP) is 0.599. The Morgan fingerprint density at radius 3 is 2.42 bits per heavy atom. The zero-order chi connectivity index (χ0) is 17.7. The van der Waals surface area contributed by atoms with Crippen LogP contribution in [0.25, 0.3) is 0 Å². The van der Waals surface area contributed by atoms with Crippen LogP contribution in [-0.2, 0) is 9.59 Å². The van der Waals surface area contributed by atoms with E-state index in [-0.39, 0.29) is 4.88 Å². The molecule has 11 heteroatoms. The van der Waals surface area contributed by atoms with E-state index < -0.39 is 17.7 Å². The summed E-state index contributed by atoms with van der Waals surface area (Å²) in [5.74, 6) is 2.03. The number of carbonyl (C=O) groups is 3. The highest BCUT2D eigenvalue weighted by atomic mass is 35.5. The molecule has 0 unspecified atom stereocenters. The maximum Gasteiger partial charge on any atom is 0.329 e. The van der Waals surface area contributed by atoms with Gasteiger partial charge in [-0.3, -0.25) is 30.7 Å². The largest absolute Gasteiger partial charge is 0.332 e. The number of carbonyl (C=O) groups excluding carboxylic acids is 3. The molecule has 0 spiro atoms. The number of hydrogen-bond donors (Lipinski definition) is 5. The molecule has 0 bridgehead atoms. The van der Waals surface area contributed by atoms with Crippen molar-refractivity contribution in [2.24, 2.45) is 5.84 Å². The van der Waals surface area contributed by atoms with Crippen LogP contribution >= 0.6 is 22.9 Å². The lowest BCUT2D eigenvalue weighted by molar-refractivity contribution is -0.139. The van der Waals surface area contributed by atoms with Crippen LogP contribution in [0.1, 0.15) is 15.4 Å². The zero-order valence-corrected chi connectivity index (χ0v) is 13.9. The van der Waals surface area contributed by atoms with E-state index in [0.29, 0.717) is 15.8 Å². The summed E-state index contributed by atoms with van der Waals surface area (Å²) in [4.78, 5) is 38.7. The molecular weight excluding hydrogens is 356 g/mol. The molecule has 0 saturated heterocycles. The number of nitrogens with zero attached hydrogens (tertiary/aromatic N) is 1. The Morgan fingerprint density at radius 2 is 1.79 bits per heavy atom. The molecule has 24 heavy (non-hydrogen) atoms. The van der Waals surface area contributed by atoms with Crippen LogP contribution in [0.3, 0.4) is 0 Å². The molecule has 3 amide bonds. The van der Waals surface area contributed by atoms with Crippen molar-refractivity contribution < 1.29 is 14.4 Å². The molecule has 2 aromatic rings. The van der Waals surface area contributed by atoms with E-state index in [0.717, 1.165) is 17.0 Å². The number of anilines is 2. The van der Waals surface area contributed by atoms with E-state index in [1.54, 1.807) is 36.6 Å². The molecule has 0 radical (unpaired) electrons. The van der Waals surface area contributed by atoms with Gasteiger partial charge >= 0.3 is 11.8 Å². The topological polar surface area (TPSA) is 138 Å². The van der Waals surface area contributed by atoms with E-state index in [1.165, 1.54) is 0 Å². The second-order valence-corrected chi connectivity index (χ2v) is 5.88. The summed E-state index contributed by atoms with van der Waals surface area (Å²) in [6.07, 6.45) is 0. The third-order valence-corrected chi connectivity index (χ3v) is 4.05. The van der Waals surface area contributed by atoms with Crippen molar-refractivity contribution in [3.05, 3.63) is 39.9 Å². The Balaban J connectivity index is 2.02. The molecule has 2 rings (SSSR count). The number of nitrogens with two attached hydrogens (primary N) is 1. The average Bonchev–Trinajstić information content (AvgIpc) is 2.94. The monoisotopic (exact) mass is 368 g/mol. The molecule has 0 fully saturated rings. The number of benzene rings is 1. The summed E-state index contributed by atoms with van der Waals surface area (Å²) in [6, 6.07) is 6.97. The number of hydrazine groups is 2. The van der Waals surface area contributed by atoms with E-state index in [9.17, 15) is 14.4 Å². The average molecular weight is 369 g/mol. The molecule has 1 aromatic heterocycles. The van der Waals surface area contributed by atoms with Crippen molar-refractivity contribution in [2.75, 3.05) is 5.32 Å². The molecule has 0 aliphatic heterocycles. The summed E-state index contributed by atoms with van der Waals surface area (Å²) in [5, 5.41) is 4.14. The van der Waals surface area contributed by atoms with Crippen LogP contribution in [-0.4, -0.2) is 22.7 Å². The first kappa shape index (κ1) is 17.7. The van der Waals surface area contributed by atoms with Gasteiger partial charge in [-0.05, 0) is 31.2 Å². The van der Waals surface area contributed by atoms with E-state index in [2.05, 4.69) is 15.7 Å². The summed E-state index contributed by atoms with van der Waals surface area (Å²) in [7, 11) is 0. The van der Waals surface area contributed by atoms with Crippen LogP contribution in [0.2, 0.25) is 5.02 Å². The number of nitrogens with one attached hydrogen (secondary N) is 4. The lowest BCUT2D eigenvalue weighted by Gasteiger charge is -2.05. The van der Waals surface area contributed by atoms with Gasteiger partial charge in [0.1, 0.15) is 4.88 Å². The fraction of sp³-hybridized carbons (Fsp3) is 0.0769. The Hall–Kier alpha value is -2.69. The van der Waals surface area contributed by atoms with Gasteiger partial charge in [0.2, 0.25) is 0 Å². The second kappa shape index (κ2) is 7.73. The van der Waals surface area contributed by atoms with Crippen LogP contribution < -0.4 is 27.4 Å². The van der Waals surface area contributed by atoms with E-state index in [1.807, 2.05) is 5.43 Å². The van der Waals surface area contributed by atoms with Crippen molar-refractivity contribution in [1.29, 1.82) is 0 Å². The molecule has 1 heterocycles. The normalized spacial score (nSPS) is 9.96. The highest BCUT2D eigenvalue weighted by molar-refractivity contribution is 7.17. The Labute approximate surface area is 145 Å². The smallest absolute Gasteiger partial charge is 0.329 e.